The molecule has 8 heteroatoms. The van der Waals surface area contributed by atoms with E-state index in [4.69, 9.17) is 23.2 Å². The zero-order valence-electron chi connectivity index (χ0n) is 16.9. The van der Waals surface area contributed by atoms with Crippen LogP contribution in [0, 0.1) is 0 Å². The lowest BCUT2D eigenvalue weighted by atomic mass is 10.1. The van der Waals surface area contributed by atoms with E-state index in [-0.39, 0.29) is 22.9 Å². The summed E-state index contributed by atoms with van der Waals surface area (Å²) in [5.74, 6) is 0.0373. The highest BCUT2D eigenvalue weighted by atomic mass is 35.5. The molecule has 1 aliphatic heterocycles. The number of hydrogen-bond acceptors (Lipinski definition) is 4. The topological polar surface area (TPSA) is 58.4 Å². The van der Waals surface area contributed by atoms with E-state index in [1.165, 1.54) is 4.68 Å². The van der Waals surface area contributed by atoms with Crippen LogP contribution in [-0.2, 0) is 17.8 Å². The second-order valence-electron chi connectivity index (χ2n) is 7.43. The van der Waals surface area contributed by atoms with Crippen LogP contribution in [0.1, 0.15) is 11.1 Å². The molecule has 0 spiro atoms. The molecule has 0 N–H and O–H groups in total. The van der Waals surface area contributed by atoms with E-state index in [0.717, 1.165) is 11.1 Å². The van der Waals surface area contributed by atoms with Gasteiger partial charge in [0.15, 0.2) is 0 Å². The van der Waals surface area contributed by atoms with E-state index in [9.17, 15) is 9.59 Å². The Kier molecular flexibility index (Phi) is 6.59. The maximum atomic E-state index is 12.7. The molecule has 0 unspecified atom stereocenters. The molecule has 31 heavy (non-hydrogen) atoms. The van der Waals surface area contributed by atoms with Crippen molar-refractivity contribution in [1.82, 2.24) is 14.7 Å². The standard InChI is InChI=1S/C23H22Cl2N4O2/c24-19-9-5-4-8-18(19)14-21(30)28-12-10-27(11-13-28)20-15-26-29(23(31)22(20)25)16-17-6-2-1-3-7-17/h1-9,15H,10-14,16H2. The number of amides is 1. The zero-order chi connectivity index (χ0) is 21.8. The van der Waals surface area contributed by atoms with Crippen LogP contribution in [0.3, 0.4) is 0 Å². The number of anilines is 1. The van der Waals surface area contributed by atoms with Gasteiger partial charge in [-0.25, -0.2) is 4.68 Å². The van der Waals surface area contributed by atoms with Gasteiger partial charge in [0, 0.05) is 31.2 Å². The van der Waals surface area contributed by atoms with Crippen molar-refractivity contribution in [2.24, 2.45) is 0 Å². The molecule has 1 amide bonds. The number of nitrogens with zero attached hydrogens (tertiary/aromatic N) is 4. The SMILES string of the molecule is O=C(Cc1ccccc1Cl)N1CCN(c2cnn(Cc3ccccc3)c(=O)c2Cl)CC1. The Morgan fingerprint density at radius 3 is 2.32 bits per heavy atom. The zero-order valence-corrected chi connectivity index (χ0v) is 18.4. The Labute approximate surface area is 190 Å². The van der Waals surface area contributed by atoms with Gasteiger partial charge in [0.2, 0.25) is 5.91 Å². The Hall–Kier alpha value is -2.83. The predicted octanol–water partition coefficient (Wildman–Crippen LogP) is 3.49. The lowest BCUT2D eigenvalue weighted by molar-refractivity contribution is -0.130. The van der Waals surface area contributed by atoms with Crippen LogP contribution in [0.15, 0.2) is 65.6 Å². The fourth-order valence-electron chi connectivity index (χ4n) is 3.66. The molecule has 160 valence electrons. The quantitative estimate of drug-likeness (QED) is 0.589. The molecule has 1 aliphatic rings. The van der Waals surface area contributed by atoms with Gasteiger partial charge in [-0.1, -0.05) is 71.7 Å². The highest BCUT2D eigenvalue weighted by molar-refractivity contribution is 6.33. The van der Waals surface area contributed by atoms with Gasteiger partial charge < -0.3 is 9.80 Å². The van der Waals surface area contributed by atoms with Crippen LogP contribution >= 0.6 is 23.2 Å². The molecule has 0 saturated carbocycles. The van der Waals surface area contributed by atoms with Crippen LogP contribution in [0.2, 0.25) is 10.0 Å². The number of aromatic nitrogens is 2. The van der Waals surface area contributed by atoms with E-state index in [1.54, 1.807) is 12.3 Å². The summed E-state index contributed by atoms with van der Waals surface area (Å²) in [6, 6.07) is 17.0. The highest BCUT2D eigenvalue weighted by Crippen LogP contribution is 2.23. The monoisotopic (exact) mass is 456 g/mol. The van der Waals surface area contributed by atoms with Crippen LogP contribution in [-0.4, -0.2) is 46.8 Å². The average molecular weight is 457 g/mol. The molecular formula is C23H22Cl2N4O2. The minimum atomic E-state index is -0.319. The number of carbonyl (C=O) groups excluding carboxylic acids is 1. The van der Waals surface area contributed by atoms with Crippen LogP contribution in [0.5, 0.6) is 0 Å². The average Bonchev–Trinajstić information content (AvgIpc) is 2.79. The Morgan fingerprint density at radius 1 is 0.935 bits per heavy atom. The molecule has 1 saturated heterocycles. The predicted molar refractivity (Wildman–Crippen MR) is 123 cm³/mol. The smallest absolute Gasteiger partial charge is 0.287 e. The molecule has 0 radical (unpaired) electrons. The molecule has 1 aromatic heterocycles. The third-order valence-electron chi connectivity index (χ3n) is 5.41. The normalized spacial score (nSPS) is 14.0. The first kappa shape index (κ1) is 21.4. The minimum Gasteiger partial charge on any atom is -0.365 e. The maximum Gasteiger partial charge on any atom is 0.287 e. The molecule has 0 bridgehead atoms. The fraction of sp³-hybridized carbons (Fsp3) is 0.261. The van der Waals surface area contributed by atoms with Gasteiger partial charge in [0.1, 0.15) is 5.02 Å². The van der Waals surface area contributed by atoms with E-state index >= 15 is 0 Å². The fourth-order valence-corrected chi connectivity index (χ4v) is 4.13. The maximum absolute atomic E-state index is 12.7. The second kappa shape index (κ2) is 9.54. The van der Waals surface area contributed by atoms with Crippen molar-refractivity contribution in [3.8, 4) is 0 Å². The van der Waals surface area contributed by atoms with Gasteiger partial charge in [-0.2, -0.15) is 5.10 Å². The van der Waals surface area contributed by atoms with E-state index < -0.39 is 0 Å². The van der Waals surface area contributed by atoms with Crippen molar-refractivity contribution >= 4 is 34.8 Å². The van der Waals surface area contributed by atoms with E-state index in [1.807, 2.05) is 58.3 Å². The first-order chi connectivity index (χ1) is 15.0. The van der Waals surface area contributed by atoms with Gasteiger partial charge in [-0.3, -0.25) is 9.59 Å². The van der Waals surface area contributed by atoms with E-state index in [2.05, 4.69) is 5.10 Å². The van der Waals surface area contributed by atoms with E-state index in [0.29, 0.717) is 43.4 Å². The number of carbonyl (C=O) groups is 1. The minimum absolute atomic E-state index is 0.0373. The lowest BCUT2D eigenvalue weighted by Crippen LogP contribution is -2.49. The summed E-state index contributed by atoms with van der Waals surface area (Å²) >= 11 is 12.6. The first-order valence-electron chi connectivity index (χ1n) is 10.1. The van der Waals surface area contributed by atoms with Gasteiger partial charge >= 0.3 is 0 Å². The summed E-state index contributed by atoms with van der Waals surface area (Å²) in [7, 11) is 0. The Bertz CT molecular complexity index is 1130. The molecule has 3 aromatic rings. The molecular weight excluding hydrogens is 435 g/mol. The molecule has 0 atom stereocenters. The van der Waals surface area contributed by atoms with Crippen LogP contribution in [0.4, 0.5) is 5.69 Å². The molecule has 6 nitrogen and oxygen atoms in total. The molecule has 1 fully saturated rings. The summed E-state index contributed by atoms with van der Waals surface area (Å²) < 4.78 is 1.37. The van der Waals surface area contributed by atoms with Gasteiger partial charge in [0.05, 0.1) is 24.8 Å². The number of rotatable bonds is 5. The molecule has 2 heterocycles. The van der Waals surface area contributed by atoms with Gasteiger partial charge in [-0.15, -0.1) is 0 Å². The van der Waals surface area contributed by atoms with Crippen molar-refractivity contribution in [2.75, 3.05) is 31.1 Å². The molecule has 0 aliphatic carbocycles. The van der Waals surface area contributed by atoms with Crippen molar-refractivity contribution in [3.63, 3.8) is 0 Å². The Balaban J connectivity index is 1.40. The first-order valence-corrected chi connectivity index (χ1v) is 10.8. The van der Waals surface area contributed by atoms with Crippen molar-refractivity contribution in [2.45, 2.75) is 13.0 Å². The summed E-state index contributed by atoms with van der Waals surface area (Å²) in [4.78, 5) is 29.2. The van der Waals surface area contributed by atoms with Gasteiger partial charge in [-0.05, 0) is 17.2 Å². The van der Waals surface area contributed by atoms with Crippen LogP contribution in [0.25, 0.3) is 0 Å². The van der Waals surface area contributed by atoms with Crippen LogP contribution < -0.4 is 10.5 Å². The van der Waals surface area contributed by atoms with Gasteiger partial charge in [0.25, 0.3) is 5.56 Å². The number of halogens is 2. The third kappa shape index (κ3) is 4.92. The summed E-state index contributed by atoms with van der Waals surface area (Å²) in [6.45, 7) is 2.62. The number of benzene rings is 2. The largest absolute Gasteiger partial charge is 0.365 e. The van der Waals surface area contributed by atoms with Crippen molar-refractivity contribution in [3.05, 3.63) is 92.3 Å². The lowest BCUT2D eigenvalue weighted by Gasteiger charge is -2.36. The Morgan fingerprint density at radius 2 is 1.61 bits per heavy atom. The second-order valence-corrected chi connectivity index (χ2v) is 8.21. The number of piperazine rings is 1. The van der Waals surface area contributed by atoms with Crippen molar-refractivity contribution < 1.29 is 4.79 Å². The highest BCUT2D eigenvalue weighted by Gasteiger charge is 2.24. The summed E-state index contributed by atoms with van der Waals surface area (Å²) in [5, 5.41) is 5.07. The molecule has 4 rings (SSSR count). The third-order valence-corrected chi connectivity index (χ3v) is 6.14. The summed E-state index contributed by atoms with van der Waals surface area (Å²) in [5.41, 5.74) is 2.09. The number of hydrogen-bond donors (Lipinski definition) is 0. The molecule has 2 aromatic carbocycles. The summed E-state index contributed by atoms with van der Waals surface area (Å²) in [6.07, 6.45) is 1.91. The van der Waals surface area contributed by atoms with Crippen molar-refractivity contribution in [1.29, 1.82) is 0 Å².